The molecular formula is C26H17FN2O2S. The minimum atomic E-state index is -0.368. The summed E-state index contributed by atoms with van der Waals surface area (Å²) in [6, 6.07) is 29.9. The topological polar surface area (TPSA) is 42.4 Å². The van der Waals surface area contributed by atoms with Crippen molar-refractivity contribution in [3.05, 3.63) is 115 Å². The maximum Gasteiger partial charge on any atom is 0.264 e. The minimum Gasteiger partial charge on any atom is -0.457 e. The van der Waals surface area contributed by atoms with E-state index in [2.05, 4.69) is 4.98 Å². The van der Waals surface area contributed by atoms with E-state index < -0.39 is 0 Å². The van der Waals surface area contributed by atoms with Crippen molar-refractivity contribution in [1.29, 1.82) is 0 Å². The lowest BCUT2D eigenvalue weighted by Gasteiger charge is -2.20. The molecule has 0 N–H and O–H groups in total. The fourth-order valence-electron chi connectivity index (χ4n) is 3.28. The zero-order valence-corrected chi connectivity index (χ0v) is 17.6. The molecule has 156 valence electrons. The second-order valence-electron chi connectivity index (χ2n) is 7.02. The van der Waals surface area contributed by atoms with Gasteiger partial charge in [0.05, 0.1) is 15.9 Å². The molecule has 4 nitrogen and oxygen atoms in total. The SMILES string of the molecule is O=C(c1ccc(Oc2ccccc2)cc1)N(c1ccc(F)cc1)c1nc2ccccc2s1. The first-order valence-electron chi connectivity index (χ1n) is 9.96. The van der Waals surface area contributed by atoms with Gasteiger partial charge in [-0.05, 0) is 72.8 Å². The third-order valence-corrected chi connectivity index (χ3v) is 5.86. The van der Waals surface area contributed by atoms with Crippen LogP contribution in [0.4, 0.5) is 15.2 Å². The second-order valence-corrected chi connectivity index (χ2v) is 8.03. The molecular weight excluding hydrogens is 423 g/mol. The van der Waals surface area contributed by atoms with Crippen molar-refractivity contribution >= 4 is 38.3 Å². The van der Waals surface area contributed by atoms with Gasteiger partial charge in [-0.3, -0.25) is 9.69 Å². The Bertz CT molecular complexity index is 1330. The van der Waals surface area contributed by atoms with E-state index in [1.807, 2.05) is 54.6 Å². The van der Waals surface area contributed by atoms with Gasteiger partial charge in [0.15, 0.2) is 5.13 Å². The molecule has 6 heteroatoms. The lowest BCUT2D eigenvalue weighted by Crippen LogP contribution is -2.25. The molecule has 0 unspecified atom stereocenters. The fraction of sp³-hybridized carbons (Fsp3) is 0. The maximum atomic E-state index is 13.5. The number of hydrogen-bond donors (Lipinski definition) is 0. The van der Waals surface area contributed by atoms with E-state index in [-0.39, 0.29) is 11.7 Å². The van der Waals surface area contributed by atoms with Gasteiger partial charge in [-0.15, -0.1) is 0 Å². The Morgan fingerprint density at radius 3 is 2.16 bits per heavy atom. The van der Waals surface area contributed by atoms with E-state index in [0.717, 1.165) is 10.2 Å². The molecule has 1 heterocycles. The predicted octanol–water partition coefficient (Wildman–Crippen LogP) is 7.21. The van der Waals surface area contributed by atoms with Crippen molar-refractivity contribution in [3.63, 3.8) is 0 Å². The van der Waals surface area contributed by atoms with Gasteiger partial charge in [-0.2, -0.15) is 0 Å². The highest BCUT2D eigenvalue weighted by atomic mass is 32.1. The number of fused-ring (bicyclic) bond motifs is 1. The Labute approximate surface area is 188 Å². The summed E-state index contributed by atoms with van der Waals surface area (Å²) in [5.41, 5.74) is 1.81. The third-order valence-electron chi connectivity index (χ3n) is 4.84. The number of carbonyl (C=O) groups is 1. The summed E-state index contributed by atoms with van der Waals surface area (Å²) in [7, 11) is 0. The van der Waals surface area contributed by atoms with Gasteiger partial charge in [-0.25, -0.2) is 9.37 Å². The highest BCUT2D eigenvalue weighted by molar-refractivity contribution is 7.22. The van der Waals surface area contributed by atoms with Crippen LogP contribution < -0.4 is 9.64 Å². The minimum absolute atomic E-state index is 0.262. The number of aromatic nitrogens is 1. The van der Waals surface area contributed by atoms with Crippen molar-refractivity contribution in [3.8, 4) is 11.5 Å². The van der Waals surface area contributed by atoms with Crippen molar-refractivity contribution < 1.29 is 13.9 Å². The van der Waals surface area contributed by atoms with Crippen LogP contribution in [0.25, 0.3) is 10.2 Å². The molecule has 5 rings (SSSR count). The first-order chi connectivity index (χ1) is 15.7. The van der Waals surface area contributed by atoms with Crippen LogP contribution in [0.3, 0.4) is 0 Å². The molecule has 0 radical (unpaired) electrons. The van der Waals surface area contributed by atoms with Crippen LogP contribution in [-0.4, -0.2) is 10.9 Å². The zero-order chi connectivity index (χ0) is 21.9. The largest absolute Gasteiger partial charge is 0.457 e. The molecule has 1 amide bonds. The second kappa shape index (κ2) is 8.61. The Balaban J connectivity index is 1.49. The number of ether oxygens (including phenoxy) is 1. The molecule has 0 bridgehead atoms. The lowest BCUT2D eigenvalue weighted by molar-refractivity contribution is 0.0999. The summed E-state index contributed by atoms with van der Waals surface area (Å²) in [5, 5.41) is 0.521. The van der Waals surface area contributed by atoms with Crippen LogP contribution in [0.5, 0.6) is 11.5 Å². The summed E-state index contributed by atoms with van der Waals surface area (Å²) in [5.74, 6) is 0.713. The summed E-state index contributed by atoms with van der Waals surface area (Å²) >= 11 is 1.41. The highest BCUT2D eigenvalue weighted by Gasteiger charge is 2.23. The Kier molecular flexibility index (Phi) is 5.35. The highest BCUT2D eigenvalue weighted by Crippen LogP contribution is 2.35. The number of amides is 1. The molecule has 0 aliphatic heterocycles. The fourth-order valence-corrected chi connectivity index (χ4v) is 4.26. The van der Waals surface area contributed by atoms with E-state index in [1.54, 1.807) is 36.4 Å². The summed E-state index contributed by atoms with van der Waals surface area (Å²) < 4.78 is 20.3. The third kappa shape index (κ3) is 4.08. The molecule has 4 aromatic carbocycles. The van der Waals surface area contributed by atoms with Crippen molar-refractivity contribution in [2.24, 2.45) is 0 Å². The summed E-state index contributed by atoms with van der Waals surface area (Å²) in [4.78, 5) is 19.7. The van der Waals surface area contributed by atoms with E-state index in [4.69, 9.17) is 4.74 Å². The van der Waals surface area contributed by atoms with Crippen LogP contribution >= 0.6 is 11.3 Å². The molecule has 5 aromatic rings. The van der Waals surface area contributed by atoms with Crippen LogP contribution in [0.15, 0.2) is 103 Å². The normalized spacial score (nSPS) is 10.8. The van der Waals surface area contributed by atoms with Gasteiger partial charge in [-0.1, -0.05) is 41.7 Å². The van der Waals surface area contributed by atoms with Gasteiger partial charge in [0.1, 0.15) is 17.3 Å². The van der Waals surface area contributed by atoms with E-state index in [1.165, 1.54) is 28.4 Å². The van der Waals surface area contributed by atoms with Crippen LogP contribution in [0.1, 0.15) is 10.4 Å². The Morgan fingerprint density at radius 1 is 0.781 bits per heavy atom. The Morgan fingerprint density at radius 2 is 1.44 bits per heavy atom. The molecule has 0 saturated heterocycles. The van der Waals surface area contributed by atoms with E-state index in [0.29, 0.717) is 27.9 Å². The predicted molar refractivity (Wildman–Crippen MR) is 125 cm³/mol. The molecule has 32 heavy (non-hydrogen) atoms. The number of carbonyl (C=O) groups excluding carboxylic acids is 1. The quantitative estimate of drug-likeness (QED) is 0.290. The number of anilines is 2. The first kappa shape index (κ1) is 19.9. The average molecular weight is 440 g/mol. The van der Waals surface area contributed by atoms with E-state index in [9.17, 15) is 9.18 Å². The van der Waals surface area contributed by atoms with E-state index >= 15 is 0 Å². The van der Waals surface area contributed by atoms with Gasteiger partial charge in [0.25, 0.3) is 5.91 Å². The summed E-state index contributed by atoms with van der Waals surface area (Å²) in [6.45, 7) is 0. The first-order valence-corrected chi connectivity index (χ1v) is 10.8. The monoisotopic (exact) mass is 440 g/mol. The Hall–Kier alpha value is -4.03. The van der Waals surface area contributed by atoms with Crippen LogP contribution in [-0.2, 0) is 0 Å². The lowest BCUT2D eigenvalue weighted by atomic mass is 10.1. The molecule has 0 aliphatic rings. The van der Waals surface area contributed by atoms with Gasteiger partial charge in [0, 0.05) is 5.56 Å². The maximum absolute atomic E-state index is 13.5. The van der Waals surface area contributed by atoms with Gasteiger partial charge < -0.3 is 4.74 Å². The average Bonchev–Trinajstić information content (AvgIpc) is 3.25. The van der Waals surface area contributed by atoms with Crippen molar-refractivity contribution in [1.82, 2.24) is 4.98 Å². The molecule has 0 atom stereocenters. The standard InChI is InChI=1S/C26H17FN2O2S/c27-19-12-14-20(15-13-19)29(26-28-23-8-4-5-9-24(23)32-26)25(30)18-10-16-22(17-11-18)31-21-6-2-1-3-7-21/h1-17H. The zero-order valence-electron chi connectivity index (χ0n) is 16.8. The molecule has 0 fully saturated rings. The molecule has 0 aliphatic carbocycles. The molecule has 0 saturated carbocycles. The number of halogens is 1. The van der Waals surface area contributed by atoms with Crippen LogP contribution in [0, 0.1) is 5.82 Å². The molecule has 0 spiro atoms. The number of para-hydroxylation sites is 2. The van der Waals surface area contributed by atoms with Crippen molar-refractivity contribution in [2.75, 3.05) is 4.90 Å². The number of thiazole rings is 1. The number of hydrogen-bond acceptors (Lipinski definition) is 4. The van der Waals surface area contributed by atoms with Crippen LogP contribution in [0.2, 0.25) is 0 Å². The number of benzene rings is 4. The number of nitrogens with zero attached hydrogens (tertiary/aromatic N) is 2. The number of rotatable bonds is 5. The molecule has 1 aromatic heterocycles. The van der Waals surface area contributed by atoms with Crippen molar-refractivity contribution in [2.45, 2.75) is 0 Å². The van der Waals surface area contributed by atoms with Gasteiger partial charge >= 0.3 is 0 Å². The smallest absolute Gasteiger partial charge is 0.264 e. The summed E-state index contributed by atoms with van der Waals surface area (Å²) in [6.07, 6.45) is 0. The van der Waals surface area contributed by atoms with Gasteiger partial charge in [0.2, 0.25) is 0 Å².